The van der Waals surface area contributed by atoms with Crippen molar-refractivity contribution in [1.82, 2.24) is 0 Å². The van der Waals surface area contributed by atoms with Gasteiger partial charge in [0.2, 0.25) is 0 Å². The van der Waals surface area contributed by atoms with Crippen LogP contribution in [0.4, 0.5) is 0 Å². The molecule has 1 rings (SSSR count). The summed E-state index contributed by atoms with van der Waals surface area (Å²) >= 11 is 0. The first-order valence-electron chi connectivity index (χ1n) is 5.09. The Morgan fingerprint density at radius 3 is 2.36 bits per heavy atom. The van der Waals surface area contributed by atoms with E-state index in [4.69, 9.17) is 6.42 Å². The number of hydrogen-bond acceptors (Lipinski definition) is 0. The highest BCUT2D eigenvalue weighted by Crippen LogP contribution is 2.09. The van der Waals surface area contributed by atoms with E-state index in [-0.39, 0.29) is 0 Å². The third-order valence-electron chi connectivity index (χ3n) is 2.46. The van der Waals surface area contributed by atoms with Crippen molar-refractivity contribution in [2.75, 3.05) is 0 Å². The predicted molar refractivity (Wildman–Crippen MR) is 66.7 cm³/mol. The lowest BCUT2D eigenvalue weighted by Crippen LogP contribution is -2.39. The van der Waals surface area contributed by atoms with E-state index >= 15 is 0 Å². The van der Waals surface area contributed by atoms with Crippen molar-refractivity contribution in [3.8, 4) is 12.3 Å². The van der Waals surface area contributed by atoms with Crippen LogP contribution in [0, 0.1) is 12.3 Å². The molecule has 1 heteroatoms. The Labute approximate surface area is 88.4 Å². The van der Waals surface area contributed by atoms with Crippen molar-refractivity contribution in [3.05, 3.63) is 29.3 Å². The van der Waals surface area contributed by atoms with Gasteiger partial charge in [0.15, 0.2) is 0 Å². The zero-order valence-electron chi connectivity index (χ0n) is 9.52. The van der Waals surface area contributed by atoms with E-state index in [0.717, 1.165) is 12.0 Å². The fourth-order valence-corrected chi connectivity index (χ4v) is 3.12. The van der Waals surface area contributed by atoms with Crippen molar-refractivity contribution in [1.29, 1.82) is 0 Å². The molecule has 1 aromatic carbocycles. The van der Waals surface area contributed by atoms with Crippen molar-refractivity contribution in [2.24, 2.45) is 0 Å². The minimum atomic E-state index is -1.28. The molecule has 0 nitrogen and oxygen atoms in total. The molecule has 0 heterocycles. The van der Waals surface area contributed by atoms with E-state index in [1.165, 1.54) is 10.8 Å². The summed E-state index contributed by atoms with van der Waals surface area (Å²) in [6, 6.07) is 6.59. The molecule has 0 radical (unpaired) electrons. The number of aryl methyl sites for hydroxylation is 1. The zero-order chi connectivity index (χ0) is 10.8. The second kappa shape index (κ2) is 4.02. The fourth-order valence-electron chi connectivity index (χ4n) is 1.58. The average Bonchev–Trinajstić information content (AvgIpc) is 2.15. The molecule has 0 fully saturated rings. The van der Waals surface area contributed by atoms with Gasteiger partial charge in [0.1, 0.15) is 0 Å². The Balaban J connectivity index is 3.28. The maximum absolute atomic E-state index is 5.54. The van der Waals surface area contributed by atoms with Crippen LogP contribution in [0.1, 0.15) is 18.1 Å². The number of terminal acetylenes is 1. The second-order valence-electron chi connectivity index (χ2n) is 4.63. The summed E-state index contributed by atoms with van der Waals surface area (Å²) in [6.45, 7) is 9.14. The molecule has 0 aliphatic heterocycles. The molecule has 0 bridgehead atoms. The zero-order valence-corrected chi connectivity index (χ0v) is 10.5. The first kappa shape index (κ1) is 11.1. The fraction of sp³-hybridized carbons (Fsp3) is 0.385. The van der Waals surface area contributed by atoms with E-state index in [2.05, 4.69) is 50.7 Å². The highest BCUT2D eigenvalue weighted by atomic mass is 28.3. The summed E-state index contributed by atoms with van der Waals surface area (Å²) in [7, 11) is -1.28. The molecule has 0 N–H and O–H groups in total. The van der Waals surface area contributed by atoms with E-state index in [0.29, 0.717) is 0 Å². The molecule has 0 amide bonds. The van der Waals surface area contributed by atoms with Gasteiger partial charge in [0.05, 0.1) is 8.07 Å². The molecule has 0 aliphatic rings. The molecule has 1 aromatic rings. The van der Waals surface area contributed by atoms with Gasteiger partial charge in [-0.05, 0) is 23.2 Å². The Hall–Kier alpha value is -1.00. The molecule has 0 atom stereocenters. The standard InChI is InChI=1S/C13H18Si/c1-6-11-8-9-13(14(3,4)5)12(7-2)10-11/h2,8-10H,6H2,1,3-5H3. The molecule has 0 unspecified atom stereocenters. The van der Waals surface area contributed by atoms with Gasteiger partial charge in [0.25, 0.3) is 0 Å². The quantitative estimate of drug-likeness (QED) is 0.511. The molecular formula is C13H18Si. The Morgan fingerprint density at radius 1 is 1.29 bits per heavy atom. The maximum Gasteiger partial charge on any atom is 0.0792 e. The smallest absolute Gasteiger partial charge is 0.0792 e. The summed E-state index contributed by atoms with van der Waals surface area (Å²) in [5, 5.41) is 1.40. The van der Waals surface area contributed by atoms with Gasteiger partial charge in [-0.2, -0.15) is 0 Å². The van der Waals surface area contributed by atoms with Crippen LogP contribution in [-0.4, -0.2) is 8.07 Å². The van der Waals surface area contributed by atoms with Crippen LogP contribution in [0.25, 0.3) is 0 Å². The Kier molecular flexibility index (Phi) is 3.18. The lowest BCUT2D eigenvalue weighted by molar-refractivity contribution is 1.14. The Morgan fingerprint density at radius 2 is 1.93 bits per heavy atom. The summed E-state index contributed by atoms with van der Waals surface area (Å²) in [4.78, 5) is 0. The SMILES string of the molecule is C#Cc1cc(CC)ccc1[Si](C)(C)C. The largest absolute Gasteiger partial charge is 0.115 e. The van der Waals surface area contributed by atoms with Gasteiger partial charge in [0, 0.05) is 5.56 Å². The van der Waals surface area contributed by atoms with Crippen LogP contribution in [0.3, 0.4) is 0 Å². The Bertz CT molecular complexity index is 364. The molecular weight excluding hydrogens is 184 g/mol. The normalized spacial score (nSPS) is 11.1. The minimum absolute atomic E-state index is 1.06. The third-order valence-corrected chi connectivity index (χ3v) is 4.51. The number of rotatable bonds is 2. The van der Waals surface area contributed by atoms with E-state index in [1.807, 2.05) is 0 Å². The van der Waals surface area contributed by atoms with Crippen molar-refractivity contribution in [2.45, 2.75) is 33.0 Å². The van der Waals surface area contributed by atoms with Crippen molar-refractivity contribution in [3.63, 3.8) is 0 Å². The van der Waals surface area contributed by atoms with Crippen LogP contribution in [-0.2, 0) is 6.42 Å². The number of benzene rings is 1. The summed E-state index contributed by atoms with van der Waals surface area (Å²) in [5.74, 6) is 2.81. The summed E-state index contributed by atoms with van der Waals surface area (Å²) in [5.41, 5.74) is 2.43. The van der Waals surface area contributed by atoms with Crippen LogP contribution >= 0.6 is 0 Å². The molecule has 0 aliphatic carbocycles. The van der Waals surface area contributed by atoms with Crippen LogP contribution in [0.15, 0.2) is 18.2 Å². The molecule has 74 valence electrons. The first-order valence-corrected chi connectivity index (χ1v) is 8.59. The summed E-state index contributed by atoms with van der Waals surface area (Å²) in [6.07, 6.45) is 6.60. The van der Waals surface area contributed by atoms with Gasteiger partial charge in [-0.1, -0.05) is 44.6 Å². The van der Waals surface area contributed by atoms with Gasteiger partial charge < -0.3 is 0 Å². The first-order chi connectivity index (χ1) is 6.49. The topological polar surface area (TPSA) is 0 Å². The third kappa shape index (κ3) is 2.27. The predicted octanol–water partition coefficient (Wildman–Crippen LogP) is 2.78. The highest BCUT2D eigenvalue weighted by Gasteiger charge is 2.19. The van der Waals surface area contributed by atoms with Crippen LogP contribution in [0.5, 0.6) is 0 Å². The number of hydrogen-bond donors (Lipinski definition) is 0. The second-order valence-corrected chi connectivity index (χ2v) is 9.67. The van der Waals surface area contributed by atoms with Crippen LogP contribution < -0.4 is 5.19 Å². The van der Waals surface area contributed by atoms with E-state index in [1.54, 1.807) is 0 Å². The van der Waals surface area contributed by atoms with Crippen LogP contribution in [0.2, 0.25) is 19.6 Å². The molecule has 0 saturated heterocycles. The van der Waals surface area contributed by atoms with Gasteiger partial charge in [-0.15, -0.1) is 6.42 Å². The molecule has 0 spiro atoms. The highest BCUT2D eigenvalue weighted by molar-refractivity contribution is 6.89. The van der Waals surface area contributed by atoms with E-state index < -0.39 is 8.07 Å². The molecule has 14 heavy (non-hydrogen) atoms. The lowest BCUT2D eigenvalue weighted by Gasteiger charge is -2.19. The van der Waals surface area contributed by atoms with Gasteiger partial charge in [-0.25, -0.2) is 0 Å². The minimum Gasteiger partial charge on any atom is -0.115 e. The molecule has 0 saturated carbocycles. The van der Waals surface area contributed by atoms with Gasteiger partial charge in [-0.3, -0.25) is 0 Å². The summed E-state index contributed by atoms with van der Waals surface area (Å²) < 4.78 is 0. The molecule has 0 aromatic heterocycles. The average molecular weight is 202 g/mol. The lowest BCUT2D eigenvalue weighted by atomic mass is 10.1. The van der Waals surface area contributed by atoms with E-state index in [9.17, 15) is 0 Å². The maximum atomic E-state index is 5.54. The van der Waals surface area contributed by atoms with Gasteiger partial charge >= 0.3 is 0 Å². The van der Waals surface area contributed by atoms with Crippen molar-refractivity contribution >= 4 is 13.3 Å². The monoisotopic (exact) mass is 202 g/mol. The van der Waals surface area contributed by atoms with Crippen molar-refractivity contribution < 1.29 is 0 Å².